The average Bonchev–Trinajstić information content (AvgIpc) is 2.66. The molecule has 0 spiro atoms. The van der Waals surface area contributed by atoms with Crippen LogP contribution in [0.3, 0.4) is 0 Å². The van der Waals surface area contributed by atoms with E-state index in [9.17, 15) is 34.1 Å². The quantitative estimate of drug-likeness (QED) is 0.396. The number of carboxylic acids is 2. The predicted molar refractivity (Wildman–Crippen MR) is 67.6 cm³/mol. The zero-order chi connectivity index (χ0) is 17.7. The number of nitrogens with zero attached hydrogens (tertiary/aromatic N) is 2. The van der Waals surface area contributed by atoms with Crippen LogP contribution in [0.5, 0.6) is 0 Å². The molecule has 0 aromatic carbocycles. The number of halogens is 1. The number of hydrogen-bond acceptors (Lipinski definition) is 8. The van der Waals surface area contributed by atoms with Gasteiger partial charge in [0.2, 0.25) is 11.2 Å². The van der Waals surface area contributed by atoms with Crippen molar-refractivity contribution in [2.75, 3.05) is 5.73 Å². The Hall–Kier alpha value is -2.57. The number of aromatic nitrogens is 2. The van der Waals surface area contributed by atoms with Gasteiger partial charge in [0.15, 0.2) is 17.9 Å². The number of anilines is 1. The molecule has 2 rings (SSSR count). The third-order valence-electron chi connectivity index (χ3n) is 3.70. The molecule has 0 amide bonds. The molecule has 2 heterocycles. The summed E-state index contributed by atoms with van der Waals surface area (Å²) in [4.78, 5) is 37.5. The summed E-state index contributed by atoms with van der Waals surface area (Å²) in [5.74, 6) is -6.32. The van der Waals surface area contributed by atoms with Gasteiger partial charge in [-0.2, -0.15) is 4.98 Å². The third kappa shape index (κ3) is 1.99. The summed E-state index contributed by atoms with van der Waals surface area (Å²) in [6.45, 7) is 0.966. The van der Waals surface area contributed by atoms with Gasteiger partial charge in [-0.1, -0.05) is 0 Å². The molecule has 1 fully saturated rings. The van der Waals surface area contributed by atoms with Crippen LogP contribution in [0, 0.1) is 5.82 Å². The van der Waals surface area contributed by atoms with E-state index in [1.807, 2.05) is 0 Å². The lowest BCUT2D eigenvalue weighted by atomic mass is 9.80. The lowest BCUT2D eigenvalue weighted by Gasteiger charge is -2.33. The van der Waals surface area contributed by atoms with Crippen LogP contribution in [0.15, 0.2) is 11.0 Å². The molecule has 1 aromatic heterocycles. The molecular weight excluding hydrogens is 321 g/mol. The van der Waals surface area contributed by atoms with Gasteiger partial charge in [0.1, 0.15) is 6.10 Å². The van der Waals surface area contributed by atoms with Crippen molar-refractivity contribution in [1.82, 2.24) is 9.55 Å². The van der Waals surface area contributed by atoms with Crippen LogP contribution in [0.2, 0.25) is 0 Å². The number of carbonyl (C=O) groups is 2. The monoisotopic (exact) mass is 333 g/mol. The van der Waals surface area contributed by atoms with Crippen LogP contribution in [-0.2, 0) is 14.3 Å². The first-order chi connectivity index (χ1) is 10.5. The Kier molecular flexibility index (Phi) is 3.63. The highest BCUT2D eigenvalue weighted by molar-refractivity contribution is 5.92. The zero-order valence-electron chi connectivity index (χ0n) is 11.5. The minimum absolute atomic E-state index is 0.206. The Morgan fingerprint density at radius 2 is 1.87 bits per heavy atom. The Labute approximate surface area is 126 Å². The first kappa shape index (κ1) is 16.8. The summed E-state index contributed by atoms with van der Waals surface area (Å²) in [5.41, 5.74) is -3.03. The summed E-state index contributed by atoms with van der Waals surface area (Å²) in [6, 6.07) is 0. The lowest BCUT2D eigenvalue weighted by Crippen LogP contribution is -2.66. The van der Waals surface area contributed by atoms with Gasteiger partial charge in [0.05, 0.1) is 6.20 Å². The van der Waals surface area contributed by atoms with E-state index in [-0.39, 0.29) is 4.57 Å². The van der Waals surface area contributed by atoms with Gasteiger partial charge >= 0.3 is 17.6 Å². The van der Waals surface area contributed by atoms with Crippen LogP contribution in [0.1, 0.15) is 13.2 Å². The fraction of sp³-hybridized carbons (Fsp3) is 0.455. The SMILES string of the molecule is C[C@H]1O[C@@H](n2cc(F)c(N)nc2=O)[C@@](O)(C(=O)O)[C@@]1(O)C(=O)O. The van der Waals surface area contributed by atoms with E-state index in [4.69, 9.17) is 15.6 Å². The summed E-state index contributed by atoms with van der Waals surface area (Å²) in [6.07, 6.45) is -3.62. The number of hydrogen-bond donors (Lipinski definition) is 5. The summed E-state index contributed by atoms with van der Waals surface area (Å²) in [5, 5.41) is 38.8. The molecule has 23 heavy (non-hydrogen) atoms. The van der Waals surface area contributed by atoms with Gasteiger partial charge in [0, 0.05) is 0 Å². The maximum Gasteiger partial charge on any atom is 0.351 e. The number of ether oxygens (including phenoxy) is 1. The Morgan fingerprint density at radius 3 is 2.35 bits per heavy atom. The first-order valence-corrected chi connectivity index (χ1v) is 6.09. The predicted octanol–water partition coefficient (Wildman–Crippen LogP) is -2.49. The molecule has 0 saturated carbocycles. The van der Waals surface area contributed by atoms with Crippen molar-refractivity contribution in [3.05, 3.63) is 22.5 Å². The molecule has 11 nitrogen and oxygen atoms in total. The van der Waals surface area contributed by atoms with Crippen LogP contribution in [0.4, 0.5) is 10.2 Å². The molecule has 1 aliphatic heterocycles. The molecule has 0 radical (unpaired) electrons. The summed E-state index contributed by atoms with van der Waals surface area (Å²) < 4.78 is 18.6. The average molecular weight is 333 g/mol. The second kappa shape index (κ2) is 4.97. The van der Waals surface area contributed by atoms with Crippen molar-refractivity contribution in [2.24, 2.45) is 0 Å². The molecule has 0 aliphatic carbocycles. The van der Waals surface area contributed by atoms with Crippen molar-refractivity contribution >= 4 is 17.8 Å². The van der Waals surface area contributed by atoms with Gasteiger partial charge in [-0.25, -0.2) is 18.8 Å². The van der Waals surface area contributed by atoms with Crippen LogP contribution < -0.4 is 11.4 Å². The summed E-state index contributed by atoms with van der Waals surface area (Å²) >= 11 is 0. The maximum absolute atomic E-state index is 13.5. The highest BCUT2D eigenvalue weighted by Gasteiger charge is 2.74. The highest BCUT2D eigenvalue weighted by Crippen LogP contribution is 2.45. The Balaban J connectivity index is 2.74. The molecular formula is C11H12FN3O8. The van der Waals surface area contributed by atoms with Gasteiger partial charge in [0.25, 0.3) is 0 Å². The van der Waals surface area contributed by atoms with Crippen molar-refractivity contribution in [1.29, 1.82) is 0 Å². The van der Waals surface area contributed by atoms with E-state index in [1.54, 1.807) is 0 Å². The topological polar surface area (TPSA) is 185 Å². The Morgan fingerprint density at radius 1 is 1.35 bits per heavy atom. The van der Waals surface area contributed by atoms with Crippen molar-refractivity contribution < 1.29 is 39.1 Å². The molecule has 1 saturated heterocycles. The Bertz CT molecular complexity index is 751. The minimum Gasteiger partial charge on any atom is -0.479 e. The number of nitrogens with two attached hydrogens (primary N) is 1. The van der Waals surface area contributed by atoms with Crippen molar-refractivity contribution in [3.8, 4) is 0 Å². The van der Waals surface area contributed by atoms with Gasteiger partial charge in [-0.15, -0.1) is 0 Å². The molecule has 126 valence electrons. The highest BCUT2D eigenvalue weighted by atomic mass is 19.1. The molecule has 4 atom stereocenters. The van der Waals surface area contributed by atoms with Crippen LogP contribution in [0.25, 0.3) is 0 Å². The van der Waals surface area contributed by atoms with E-state index in [0.29, 0.717) is 6.20 Å². The molecule has 0 unspecified atom stereocenters. The minimum atomic E-state index is -3.49. The number of aliphatic hydroxyl groups is 2. The molecule has 12 heteroatoms. The number of aliphatic carboxylic acids is 2. The first-order valence-electron chi connectivity index (χ1n) is 6.09. The van der Waals surface area contributed by atoms with Crippen molar-refractivity contribution in [3.63, 3.8) is 0 Å². The smallest absolute Gasteiger partial charge is 0.351 e. The van der Waals surface area contributed by atoms with Gasteiger partial charge < -0.3 is 30.9 Å². The fourth-order valence-corrected chi connectivity index (χ4v) is 2.39. The molecule has 0 bridgehead atoms. The number of nitrogen functional groups attached to an aromatic ring is 1. The van der Waals surface area contributed by atoms with E-state index in [2.05, 4.69) is 4.98 Å². The van der Waals surface area contributed by atoms with Crippen molar-refractivity contribution in [2.45, 2.75) is 30.5 Å². The summed E-state index contributed by atoms with van der Waals surface area (Å²) in [7, 11) is 0. The maximum atomic E-state index is 13.5. The molecule has 1 aliphatic rings. The largest absolute Gasteiger partial charge is 0.479 e. The third-order valence-corrected chi connectivity index (χ3v) is 3.70. The molecule has 1 aromatic rings. The second-order valence-electron chi connectivity index (χ2n) is 4.94. The zero-order valence-corrected chi connectivity index (χ0v) is 11.5. The standard InChI is InChI=1S/C11H12FN3O8/c1-3-10(21,7(16)17)11(22,8(18)19)6(23-3)15-2-4(12)5(13)14-9(15)20/h2-3,6,21-22H,1H3,(H,16,17)(H,18,19)(H2,13,14,20)/t3-,6-,10+,11-/m1/s1. The normalized spacial score (nSPS) is 33.6. The van der Waals surface area contributed by atoms with Crippen LogP contribution in [-0.4, -0.2) is 59.2 Å². The van der Waals surface area contributed by atoms with E-state index >= 15 is 0 Å². The van der Waals surface area contributed by atoms with E-state index < -0.39 is 52.8 Å². The van der Waals surface area contributed by atoms with Gasteiger partial charge in [-0.05, 0) is 6.92 Å². The number of carboxylic acid groups (broad SMARTS) is 2. The van der Waals surface area contributed by atoms with E-state index in [0.717, 1.165) is 6.92 Å². The van der Waals surface area contributed by atoms with Gasteiger partial charge in [-0.3, -0.25) is 4.57 Å². The number of rotatable bonds is 3. The lowest BCUT2D eigenvalue weighted by molar-refractivity contribution is -0.207. The fourth-order valence-electron chi connectivity index (χ4n) is 2.39. The van der Waals surface area contributed by atoms with E-state index in [1.165, 1.54) is 0 Å². The molecule has 6 N–H and O–H groups in total. The second-order valence-corrected chi connectivity index (χ2v) is 4.94. The van der Waals surface area contributed by atoms with Crippen LogP contribution >= 0.6 is 0 Å².